The zero-order chi connectivity index (χ0) is 11.3. The summed E-state index contributed by atoms with van der Waals surface area (Å²) in [5.74, 6) is 2.18. The summed E-state index contributed by atoms with van der Waals surface area (Å²) in [5.41, 5.74) is 1.03. The van der Waals surface area contributed by atoms with Crippen molar-refractivity contribution in [1.82, 2.24) is 0 Å². The first-order valence-corrected chi connectivity index (χ1v) is 6.52. The van der Waals surface area contributed by atoms with Gasteiger partial charge in [0, 0.05) is 6.61 Å². The van der Waals surface area contributed by atoms with Gasteiger partial charge in [-0.3, -0.25) is 0 Å². The van der Waals surface area contributed by atoms with Crippen molar-refractivity contribution in [2.24, 2.45) is 28.6 Å². The van der Waals surface area contributed by atoms with Gasteiger partial charge in [-0.25, -0.2) is 0 Å². The first-order chi connectivity index (χ1) is 6.91. The van der Waals surface area contributed by atoms with E-state index >= 15 is 0 Å². The Balaban J connectivity index is 2.00. The van der Waals surface area contributed by atoms with Gasteiger partial charge in [0.05, 0.1) is 0 Å². The minimum absolute atomic E-state index is 0.405. The highest BCUT2D eigenvalue weighted by Crippen LogP contribution is 2.61. The molecule has 4 unspecified atom stereocenters. The summed E-state index contributed by atoms with van der Waals surface area (Å²) in [4.78, 5) is 0. The van der Waals surface area contributed by atoms with Crippen LogP contribution in [0.3, 0.4) is 0 Å². The molecule has 0 heterocycles. The van der Waals surface area contributed by atoms with Crippen LogP contribution in [0.25, 0.3) is 0 Å². The van der Waals surface area contributed by atoms with Crippen LogP contribution in [0.5, 0.6) is 0 Å². The summed E-state index contributed by atoms with van der Waals surface area (Å²) in [6, 6.07) is 0. The molecule has 1 N–H and O–H groups in total. The average molecular weight is 210 g/mol. The summed E-state index contributed by atoms with van der Waals surface area (Å²) < 4.78 is 0. The molecule has 15 heavy (non-hydrogen) atoms. The van der Waals surface area contributed by atoms with Crippen molar-refractivity contribution in [2.75, 3.05) is 6.61 Å². The van der Waals surface area contributed by atoms with Crippen molar-refractivity contribution in [2.45, 2.75) is 53.4 Å². The molecule has 1 heteroatoms. The van der Waals surface area contributed by atoms with Crippen LogP contribution in [0.15, 0.2) is 0 Å². The van der Waals surface area contributed by atoms with Gasteiger partial charge in [0.15, 0.2) is 0 Å². The van der Waals surface area contributed by atoms with Gasteiger partial charge in [0.2, 0.25) is 0 Å². The molecule has 4 atom stereocenters. The van der Waals surface area contributed by atoms with E-state index in [2.05, 4.69) is 27.7 Å². The Labute approximate surface area is 94.3 Å². The van der Waals surface area contributed by atoms with Crippen molar-refractivity contribution >= 4 is 0 Å². The highest BCUT2D eigenvalue weighted by Gasteiger charge is 2.53. The third kappa shape index (κ3) is 1.73. The van der Waals surface area contributed by atoms with E-state index in [9.17, 15) is 5.11 Å². The molecular weight excluding hydrogens is 184 g/mol. The van der Waals surface area contributed by atoms with Crippen molar-refractivity contribution in [1.29, 1.82) is 0 Å². The lowest BCUT2D eigenvalue weighted by Crippen LogP contribution is -2.30. The summed E-state index contributed by atoms with van der Waals surface area (Å²) in [6.45, 7) is 10.0. The van der Waals surface area contributed by atoms with Crippen molar-refractivity contribution in [3.8, 4) is 0 Å². The van der Waals surface area contributed by atoms with Crippen LogP contribution in [0, 0.1) is 28.6 Å². The minimum Gasteiger partial charge on any atom is -0.396 e. The van der Waals surface area contributed by atoms with Crippen molar-refractivity contribution < 1.29 is 5.11 Å². The SMILES string of the molecule is CC1C(CO)C1CC1(C)CCCC1(C)C. The highest BCUT2D eigenvalue weighted by molar-refractivity contribution is 5.02. The number of hydrogen-bond donors (Lipinski definition) is 1. The Bertz CT molecular complexity index is 246. The third-order valence-corrected chi connectivity index (χ3v) is 5.82. The third-order valence-electron chi connectivity index (χ3n) is 5.82. The predicted molar refractivity (Wildman–Crippen MR) is 63.6 cm³/mol. The lowest BCUT2D eigenvalue weighted by molar-refractivity contribution is 0.106. The van der Waals surface area contributed by atoms with Gasteiger partial charge >= 0.3 is 0 Å². The molecule has 0 aromatic heterocycles. The Morgan fingerprint density at radius 3 is 2.20 bits per heavy atom. The van der Waals surface area contributed by atoms with Gasteiger partial charge in [0.1, 0.15) is 0 Å². The first kappa shape index (κ1) is 11.4. The molecule has 0 spiro atoms. The molecule has 0 amide bonds. The molecule has 88 valence electrons. The number of aliphatic hydroxyl groups excluding tert-OH is 1. The maximum Gasteiger partial charge on any atom is 0.0464 e. The van der Waals surface area contributed by atoms with E-state index < -0.39 is 0 Å². The quantitative estimate of drug-likeness (QED) is 0.756. The van der Waals surface area contributed by atoms with Gasteiger partial charge in [-0.2, -0.15) is 0 Å². The summed E-state index contributed by atoms with van der Waals surface area (Å²) in [5, 5.41) is 9.23. The second-order valence-electron chi connectivity index (χ2n) is 6.87. The van der Waals surface area contributed by atoms with Crippen LogP contribution < -0.4 is 0 Å². The Hall–Kier alpha value is -0.0400. The molecule has 1 nitrogen and oxygen atoms in total. The zero-order valence-corrected chi connectivity index (χ0v) is 10.7. The Morgan fingerprint density at radius 2 is 1.80 bits per heavy atom. The first-order valence-electron chi connectivity index (χ1n) is 6.52. The highest BCUT2D eigenvalue weighted by atomic mass is 16.3. The van der Waals surface area contributed by atoms with E-state index in [1.54, 1.807) is 0 Å². The monoisotopic (exact) mass is 210 g/mol. The standard InChI is InChI=1S/C14H26O/c1-10-11(12(10)9-15)8-14(4)7-5-6-13(14,2)3/h10-12,15H,5-9H2,1-4H3. The van der Waals surface area contributed by atoms with Crippen molar-refractivity contribution in [3.63, 3.8) is 0 Å². The molecule has 0 saturated heterocycles. The fraction of sp³-hybridized carbons (Fsp3) is 1.00. The van der Waals surface area contributed by atoms with E-state index in [0.717, 1.165) is 11.8 Å². The fourth-order valence-corrected chi connectivity index (χ4v) is 3.73. The van der Waals surface area contributed by atoms with Crippen LogP contribution >= 0.6 is 0 Å². The molecular formula is C14H26O. The smallest absolute Gasteiger partial charge is 0.0464 e. The second-order valence-corrected chi connectivity index (χ2v) is 6.87. The lowest BCUT2D eigenvalue weighted by Gasteiger charge is -2.39. The van der Waals surface area contributed by atoms with E-state index in [1.807, 2.05) is 0 Å². The molecule has 2 aliphatic carbocycles. The molecule has 2 fully saturated rings. The zero-order valence-electron chi connectivity index (χ0n) is 10.7. The maximum atomic E-state index is 9.23. The summed E-state index contributed by atoms with van der Waals surface area (Å²) >= 11 is 0. The molecule has 0 aromatic carbocycles. The van der Waals surface area contributed by atoms with E-state index in [0.29, 0.717) is 23.4 Å². The second kappa shape index (κ2) is 3.48. The topological polar surface area (TPSA) is 20.2 Å². The van der Waals surface area contributed by atoms with Gasteiger partial charge in [-0.1, -0.05) is 34.1 Å². The molecule has 0 aliphatic heterocycles. The van der Waals surface area contributed by atoms with Gasteiger partial charge in [0.25, 0.3) is 0 Å². The van der Waals surface area contributed by atoms with Crippen LogP contribution in [0.2, 0.25) is 0 Å². The lowest BCUT2D eigenvalue weighted by atomic mass is 9.66. The van der Waals surface area contributed by atoms with Gasteiger partial charge in [-0.05, 0) is 47.8 Å². The van der Waals surface area contributed by atoms with E-state index in [1.165, 1.54) is 25.7 Å². The molecule has 0 bridgehead atoms. The van der Waals surface area contributed by atoms with Gasteiger partial charge < -0.3 is 5.11 Å². The fourth-order valence-electron chi connectivity index (χ4n) is 3.73. The molecule has 2 aliphatic rings. The van der Waals surface area contributed by atoms with Crippen LogP contribution in [-0.2, 0) is 0 Å². The van der Waals surface area contributed by atoms with Crippen LogP contribution in [0.1, 0.15) is 53.4 Å². The molecule has 0 radical (unpaired) electrons. The minimum atomic E-state index is 0.405. The van der Waals surface area contributed by atoms with Crippen LogP contribution in [0.4, 0.5) is 0 Å². The molecule has 2 saturated carbocycles. The summed E-state index contributed by atoms with van der Waals surface area (Å²) in [7, 11) is 0. The van der Waals surface area contributed by atoms with E-state index in [-0.39, 0.29) is 0 Å². The Morgan fingerprint density at radius 1 is 1.13 bits per heavy atom. The van der Waals surface area contributed by atoms with Crippen molar-refractivity contribution in [3.05, 3.63) is 0 Å². The molecule has 0 aromatic rings. The number of hydrogen-bond acceptors (Lipinski definition) is 1. The Kier molecular flexibility index (Phi) is 2.65. The predicted octanol–water partition coefficient (Wildman–Crippen LogP) is 3.47. The van der Waals surface area contributed by atoms with Crippen LogP contribution in [-0.4, -0.2) is 11.7 Å². The van der Waals surface area contributed by atoms with Gasteiger partial charge in [-0.15, -0.1) is 0 Å². The largest absolute Gasteiger partial charge is 0.396 e. The average Bonchev–Trinajstić information content (AvgIpc) is 2.65. The number of rotatable bonds is 3. The normalized spacial score (nSPS) is 48.2. The number of aliphatic hydroxyl groups is 1. The maximum absolute atomic E-state index is 9.23. The molecule has 2 rings (SSSR count). The summed E-state index contributed by atoms with van der Waals surface area (Å²) in [6.07, 6.45) is 5.51. The van der Waals surface area contributed by atoms with E-state index in [4.69, 9.17) is 0 Å².